The van der Waals surface area contributed by atoms with Crippen molar-refractivity contribution in [3.63, 3.8) is 0 Å². The molecule has 0 fully saturated rings. The Balaban J connectivity index is 2.26. The predicted molar refractivity (Wildman–Crippen MR) is 136 cm³/mol. The minimum absolute atomic E-state index is 0.0253. The number of nitrogens with one attached hydrogen (secondary N) is 1. The largest absolute Gasteiger partial charge is 0.463 e. The minimum Gasteiger partial charge on any atom is -0.463 e. The Morgan fingerprint density at radius 3 is 1.86 bits per heavy atom. The summed E-state index contributed by atoms with van der Waals surface area (Å²) in [5.41, 5.74) is 2.04. The van der Waals surface area contributed by atoms with Crippen molar-refractivity contribution in [2.45, 2.75) is 45.4 Å². The third-order valence-electron chi connectivity index (χ3n) is 5.78. The van der Waals surface area contributed by atoms with Gasteiger partial charge in [0, 0.05) is 16.4 Å². The lowest BCUT2D eigenvalue weighted by molar-refractivity contribution is -0.139. The van der Waals surface area contributed by atoms with Crippen LogP contribution in [0.25, 0.3) is 0 Å². The van der Waals surface area contributed by atoms with Gasteiger partial charge in [-0.1, -0.05) is 47.5 Å². The summed E-state index contributed by atoms with van der Waals surface area (Å²) in [6.45, 7) is 8.49. The highest BCUT2D eigenvalue weighted by molar-refractivity contribution is 7.89. The van der Waals surface area contributed by atoms with E-state index in [1.54, 1.807) is 64.1 Å². The van der Waals surface area contributed by atoms with Crippen LogP contribution in [0.2, 0.25) is 5.02 Å². The molecular weight excluding hydrogens is 504 g/mol. The lowest BCUT2D eigenvalue weighted by Crippen LogP contribution is -2.45. The molecule has 0 saturated carbocycles. The van der Waals surface area contributed by atoms with E-state index >= 15 is 0 Å². The van der Waals surface area contributed by atoms with Gasteiger partial charge in [0.1, 0.15) is 0 Å². The van der Waals surface area contributed by atoms with Crippen LogP contribution < -0.4 is 4.83 Å². The number of carbonyl (C=O) groups is 2. The lowest BCUT2D eigenvalue weighted by atomic mass is 9.80. The van der Waals surface area contributed by atoms with Gasteiger partial charge in [0.15, 0.2) is 0 Å². The van der Waals surface area contributed by atoms with Crippen molar-refractivity contribution in [2.24, 2.45) is 0 Å². The van der Waals surface area contributed by atoms with Crippen LogP contribution in [0, 0.1) is 6.92 Å². The van der Waals surface area contributed by atoms with E-state index in [4.69, 9.17) is 21.1 Å². The molecule has 8 nitrogen and oxygen atoms in total. The number of esters is 2. The van der Waals surface area contributed by atoms with Gasteiger partial charge in [-0.15, -0.1) is 4.83 Å². The van der Waals surface area contributed by atoms with Crippen LogP contribution in [0.1, 0.15) is 44.7 Å². The molecule has 1 aliphatic heterocycles. The SMILES string of the molecule is CCOC(=O)C1=C(C)N(NS(=O)(=O)c2ccc(C)cc2)C(C)=C(C(=O)OCC)C1c1ccccc1Cl. The summed E-state index contributed by atoms with van der Waals surface area (Å²) in [5.74, 6) is -2.33. The summed E-state index contributed by atoms with van der Waals surface area (Å²) in [7, 11) is -4.08. The van der Waals surface area contributed by atoms with Gasteiger partial charge in [0.25, 0.3) is 10.0 Å². The zero-order valence-electron chi connectivity index (χ0n) is 20.8. The third-order valence-corrected chi connectivity index (χ3v) is 7.44. The number of ether oxygens (including phenoxy) is 2. The van der Waals surface area contributed by atoms with E-state index in [0.29, 0.717) is 10.6 Å². The molecule has 36 heavy (non-hydrogen) atoms. The molecule has 192 valence electrons. The number of allylic oxidation sites excluding steroid dienone is 2. The molecule has 1 aliphatic rings. The lowest BCUT2D eigenvalue weighted by Gasteiger charge is -2.37. The molecule has 0 amide bonds. The average Bonchev–Trinajstić information content (AvgIpc) is 2.82. The minimum atomic E-state index is -4.08. The normalized spacial score (nSPS) is 14.8. The molecule has 0 unspecified atom stereocenters. The number of halogens is 1. The first-order chi connectivity index (χ1) is 17.0. The Hall–Kier alpha value is -3.14. The average molecular weight is 533 g/mol. The fraction of sp³-hybridized carbons (Fsp3) is 0.308. The molecule has 0 saturated heterocycles. The molecule has 3 rings (SSSR count). The monoisotopic (exact) mass is 532 g/mol. The van der Waals surface area contributed by atoms with Gasteiger partial charge < -0.3 is 9.47 Å². The molecule has 2 aromatic rings. The highest BCUT2D eigenvalue weighted by Crippen LogP contribution is 2.44. The zero-order chi connectivity index (χ0) is 26.6. The Kier molecular flexibility index (Phi) is 8.60. The number of benzene rings is 2. The van der Waals surface area contributed by atoms with Crippen LogP contribution in [0.5, 0.6) is 0 Å². The van der Waals surface area contributed by atoms with Crippen LogP contribution in [0.4, 0.5) is 0 Å². The Labute approximate surface area is 216 Å². The molecule has 2 aromatic carbocycles. The van der Waals surface area contributed by atoms with Gasteiger partial charge in [0.2, 0.25) is 0 Å². The van der Waals surface area contributed by atoms with Gasteiger partial charge in [-0.25, -0.2) is 18.0 Å². The molecule has 0 aliphatic carbocycles. The second kappa shape index (κ2) is 11.3. The van der Waals surface area contributed by atoms with Crippen molar-refractivity contribution in [3.8, 4) is 0 Å². The van der Waals surface area contributed by atoms with Crippen LogP contribution in [0.15, 0.2) is 76.0 Å². The molecule has 0 radical (unpaired) electrons. The maximum Gasteiger partial charge on any atom is 0.336 e. The third kappa shape index (κ3) is 5.48. The van der Waals surface area contributed by atoms with Gasteiger partial charge >= 0.3 is 11.9 Å². The molecule has 10 heteroatoms. The molecule has 0 bridgehead atoms. The van der Waals surface area contributed by atoms with E-state index in [0.717, 1.165) is 5.56 Å². The van der Waals surface area contributed by atoms with Gasteiger partial charge in [-0.05, 0) is 58.4 Å². The van der Waals surface area contributed by atoms with E-state index < -0.39 is 27.9 Å². The summed E-state index contributed by atoms with van der Waals surface area (Å²) >= 11 is 6.51. The number of hydrogen-bond acceptors (Lipinski definition) is 7. The van der Waals surface area contributed by atoms with Crippen LogP contribution in [-0.2, 0) is 29.1 Å². The van der Waals surface area contributed by atoms with Crippen molar-refractivity contribution < 1.29 is 27.5 Å². The number of hydrogen-bond donors (Lipinski definition) is 1. The highest BCUT2D eigenvalue weighted by Gasteiger charge is 2.42. The smallest absolute Gasteiger partial charge is 0.336 e. The standard InChI is InChI=1S/C26H29ClN2O6S/c1-6-34-25(30)22-17(4)29(28-36(32,33)19-14-12-16(3)13-15-19)18(5)23(26(31)35-7-2)24(22)20-10-8-9-11-21(20)27/h8-15,24,28H,6-7H2,1-5H3. The van der Waals surface area contributed by atoms with Crippen molar-refractivity contribution in [3.05, 3.63) is 87.2 Å². The number of carbonyl (C=O) groups excluding carboxylic acids is 2. The Morgan fingerprint density at radius 1 is 0.889 bits per heavy atom. The summed E-state index contributed by atoms with van der Waals surface area (Å²) < 4.78 is 37.2. The summed E-state index contributed by atoms with van der Waals surface area (Å²) in [6.07, 6.45) is 0. The van der Waals surface area contributed by atoms with Gasteiger partial charge in [0.05, 0.1) is 35.2 Å². The molecule has 0 aromatic heterocycles. The quantitative estimate of drug-likeness (QED) is 0.495. The second-order valence-corrected chi connectivity index (χ2v) is 10.2. The number of hydrazine groups is 1. The van der Waals surface area contributed by atoms with Gasteiger partial charge in [-0.2, -0.15) is 0 Å². The summed E-state index contributed by atoms with van der Waals surface area (Å²) in [6, 6.07) is 13.1. The van der Waals surface area contributed by atoms with Crippen molar-refractivity contribution >= 4 is 33.6 Å². The van der Waals surface area contributed by atoms with E-state index in [-0.39, 0.29) is 40.6 Å². The first-order valence-corrected chi connectivity index (χ1v) is 13.3. The first kappa shape index (κ1) is 27.4. The molecule has 1 N–H and O–H groups in total. The zero-order valence-corrected chi connectivity index (χ0v) is 22.4. The maximum absolute atomic E-state index is 13.3. The van der Waals surface area contributed by atoms with Crippen molar-refractivity contribution in [1.29, 1.82) is 0 Å². The number of nitrogens with zero attached hydrogens (tertiary/aromatic N) is 1. The predicted octanol–water partition coefficient (Wildman–Crippen LogP) is 4.62. The first-order valence-electron chi connectivity index (χ1n) is 11.4. The number of sulfonamides is 1. The maximum atomic E-state index is 13.3. The van der Waals surface area contributed by atoms with Crippen molar-refractivity contribution in [1.82, 2.24) is 9.84 Å². The molecule has 0 atom stereocenters. The van der Waals surface area contributed by atoms with Crippen LogP contribution >= 0.6 is 11.6 Å². The van der Waals surface area contributed by atoms with E-state index in [1.807, 2.05) is 6.92 Å². The second-order valence-electron chi connectivity index (χ2n) is 8.14. The number of aryl methyl sites for hydroxylation is 1. The van der Waals surface area contributed by atoms with Crippen LogP contribution in [0.3, 0.4) is 0 Å². The fourth-order valence-electron chi connectivity index (χ4n) is 4.05. The fourth-order valence-corrected chi connectivity index (χ4v) is 5.41. The molecule has 1 heterocycles. The topological polar surface area (TPSA) is 102 Å². The molecular formula is C26H29ClN2O6S. The Morgan fingerprint density at radius 2 is 1.39 bits per heavy atom. The highest BCUT2D eigenvalue weighted by atomic mass is 35.5. The Bertz CT molecular complexity index is 1290. The summed E-state index contributed by atoms with van der Waals surface area (Å²) in [5, 5.41) is 1.54. The molecule has 0 spiro atoms. The van der Waals surface area contributed by atoms with E-state index in [1.165, 1.54) is 17.1 Å². The van der Waals surface area contributed by atoms with Gasteiger partial charge in [-0.3, -0.25) is 5.01 Å². The number of rotatable bonds is 8. The van der Waals surface area contributed by atoms with Crippen molar-refractivity contribution in [2.75, 3.05) is 13.2 Å². The van der Waals surface area contributed by atoms with Crippen LogP contribution in [-0.4, -0.2) is 38.6 Å². The van der Waals surface area contributed by atoms with E-state index in [2.05, 4.69) is 4.83 Å². The summed E-state index contributed by atoms with van der Waals surface area (Å²) in [4.78, 5) is 29.0. The van der Waals surface area contributed by atoms with E-state index in [9.17, 15) is 18.0 Å².